The van der Waals surface area contributed by atoms with Crippen molar-refractivity contribution in [2.45, 2.75) is 84.5 Å². The van der Waals surface area contributed by atoms with E-state index in [4.69, 9.17) is 0 Å². The number of rotatable bonds is 9. The minimum Gasteiger partial charge on any atom is -0.360 e. The third kappa shape index (κ3) is 5.30. The van der Waals surface area contributed by atoms with Crippen LogP contribution in [-0.2, 0) is 6.42 Å². The van der Waals surface area contributed by atoms with Crippen LogP contribution in [0, 0.1) is 18.8 Å². The van der Waals surface area contributed by atoms with Crippen LogP contribution in [0.4, 0.5) is 5.69 Å². The summed E-state index contributed by atoms with van der Waals surface area (Å²) in [5, 5.41) is 3.69. The van der Waals surface area contributed by atoms with E-state index in [0.29, 0.717) is 11.3 Å². The fourth-order valence-electron chi connectivity index (χ4n) is 6.78. The van der Waals surface area contributed by atoms with Gasteiger partial charge in [-0.25, -0.2) is 0 Å². The van der Waals surface area contributed by atoms with Crippen molar-refractivity contribution in [2.24, 2.45) is 11.8 Å². The van der Waals surface area contributed by atoms with E-state index in [2.05, 4.69) is 48.4 Å². The summed E-state index contributed by atoms with van der Waals surface area (Å²) >= 11 is 0. The molecule has 0 atom stereocenters. The molecule has 4 heteroatoms. The van der Waals surface area contributed by atoms with Gasteiger partial charge < -0.3 is 10.3 Å². The summed E-state index contributed by atoms with van der Waals surface area (Å²) in [5.74, 6) is 1.97. The Morgan fingerprint density at radius 3 is 2.54 bits per heavy atom. The molecule has 0 saturated heterocycles. The van der Waals surface area contributed by atoms with Crippen molar-refractivity contribution in [2.75, 3.05) is 5.32 Å². The molecular formula is C33H40N2O2. The maximum absolute atomic E-state index is 13.3. The van der Waals surface area contributed by atoms with E-state index in [9.17, 15) is 9.59 Å². The second-order valence-corrected chi connectivity index (χ2v) is 11.3. The number of allylic oxidation sites excluding steroid dienone is 2. The molecule has 0 radical (unpaired) electrons. The molecule has 37 heavy (non-hydrogen) atoms. The summed E-state index contributed by atoms with van der Waals surface area (Å²) in [5.41, 5.74) is 6.51. The van der Waals surface area contributed by atoms with Crippen LogP contribution in [0.1, 0.15) is 98.2 Å². The molecule has 0 spiro atoms. The predicted molar refractivity (Wildman–Crippen MR) is 153 cm³/mol. The number of carbonyl (C=O) groups is 1. The summed E-state index contributed by atoms with van der Waals surface area (Å²) in [4.78, 5) is 29.7. The molecule has 2 bridgehead atoms. The molecule has 2 N–H and O–H groups in total. The molecule has 4 nitrogen and oxygen atoms in total. The Bertz CT molecular complexity index is 1360. The number of hydrogen-bond acceptors (Lipinski definition) is 2. The van der Waals surface area contributed by atoms with E-state index in [1.165, 1.54) is 55.2 Å². The first-order chi connectivity index (χ1) is 18.0. The zero-order chi connectivity index (χ0) is 25.9. The number of benzene rings is 2. The number of aryl methyl sites for hydroxylation is 2. The summed E-state index contributed by atoms with van der Waals surface area (Å²) in [6.07, 6.45) is 14.7. The average Bonchev–Trinajstić information content (AvgIpc) is 3.50. The second kappa shape index (κ2) is 11.1. The van der Waals surface area contributed by atoms with Gasteiger partial charge in [0.05, 0.1) is 0 Å². The van der Waals surface area contributed by atoms with Crippen LogP contribution in [-0.4, -0.2) is 10.9 Å². The lowest BCUT2D eigenvalue weighted by Gasteiger charge is -2.19. The van der Waals surface area contributed by atoms with Gasteiger partial charge in [-0.2, -0.15) is 0 Å². The van der Waals surface area contributed by atoms with E-state index in [0.717, 1.165) is 47.9 Å². The maximum atomic E-state index is 13.3. The van der Waals surface area contributed by atoms with Crippen molar-refractivity contribution in [1.82, 2.24) is 4.98 Å². The number of fused-ring (bicyclic) bond motifs is 3. The van der Waals surface area contributed by atoms with Crippen molar-refractivity contribution in [3.8, 4) is 0 Å². The Morgan fingerprint density at radius 2 is 1.81 bits per heavy atom. The number of aromatic amines is 1. The largest absolute Gasteiger partial charge is 0.360 e. The number of carbonyl (C=O) groups excluding carboxylic acids is 1. The fraction of sp³-hybridized carbons (Fsp3) is 0.455. The lowest BCUT2D eigenvalue weighted by atomic mass is 9.87. The van der Waals surface area contributed by atoms with Crippen LogP contribution in [0.5, 0.6) is 0 Å². The third-order valence-corrected chi connectivity index (χ3v) is 8.97. The molecular weight excluding hydrogens is 456 g/mol. The van der Waals surface area contributed by atoms with Crippen LogP contribution in [0.25, 0.3) is 10.9 Å². The zero-order valence-electron chi connectivity index (χ0n) is 22.5. The van der Waals surface area contributed by atoms with Crippen molar-refractivity contribution in [3.05, 3.63) is 86.7 Å². The molecule has 2 aromatic carbocycles. The van der Waals surface area contributed by atoms with Crippen LogP contribution < -0.4 is 10.7 Å². The van der Waals surface area contributed by atoms with E-state index in [-0.39, 0.29) is 16.9 Å². The SMILES string of the molecule is CC=C(C)CCCCCc1cc(C2C3CCC2CC3)ccc1NC(=O)c1c[nH]c2cccc(C)c2c1=O. The molecule has 1 amide bonds. The van der Waals surface area contributed by atoms with E-state index >= 15 is 0 Å². The standard InChI is InChI=1S/C33H40N2O2/c1-4-21(2)9-6-5-7-11-25-19-26(31-23-13-14-24(31)16-15-23)17-18-28(25)35-33(37)27-20-34-29-12-8-10-22(3)30(29)32(27)36/h4,8,10,12,17-20,23-24,31H,5-7,9,11,13-16H2,1-3H3,(H,34,36)(H,35,37). The zero-order valence-corrected chi connectivity index (χ0v) is 22.5. The first-order valence-corrected chi connectivity index (χ1v) is 14.1. The summed E-state index contributed by atoms with van der Waals surface area (Å²) in [7, 11) is 0. The topological polar surface area (TPSA) is 62.0 Å². The van der Waals surface area contributed by atoms with E-state index in [1.807, 2.05) is 25.1 Å². The fourth-order valence-corrected chi connectivity index (χ4v) is 6.78. The Kier molecular flexibility index (Phi) is 7.64. The molecule has 2 fully saturated rings. The van der Waals surface area contributed by atoms with Gasteiger partial charge in [-0.05, 0) is 119 Å². The van der Waals surface area contributed by atoms with Gasteiger partial charge in [-0.1, -0.05) is 42.3 Å². The van der Waals surface area contributed by atoms with Gasteiger partial charge in [0.1, 0.15) is 5.56 Å². The summed E-state index contributed by atoms with van der Waals surface area (Å²) in [6.45, 7) is 6.21. The van der Waals surface area contributed by atoms with Crippen molar-refractivity contribution >= 4 is 22.5 Å². The summed E-state index contributed by atoms with van der Waals surface area (Å²) in [6, 6.07) is 12.4. The van der Waals surface area contributed by atoms with Crippen LogP contribution in [0.2, 0.25) is 0 Å². The first kappa shape index (κ1) is 25.5. The number of nitrogens with one attached hydrogen (secondary N) is 2. The molecule has 1 aromatic heterocycles. The Morgan fingerprint density at radius 1 is 1.05 bits per heavy atom. The number of amides is 1. The maximum Gasteiger partial charge on any atom is 0.261 e. The van der Waals surface area contributed by atoms with Gasteiger partial charge in [0, 0.05) is 22.8 Å². The number of pyridine rings is 1. The average molecular weight is 497 g/mol. The molecule has 0 aliphatic heterocycles. The number of anilines is 1. The third-order valence-electron chi connectivity index (χ3n) is 8.97. The van der Waals surface area contributed by atoms with Gasteiger partial charge >= 0.3 is 0 Å². The van der Waals surface area contributed by atoms with Crippen LogP contribution in [0.3, 0.4) is 0 Å². The monoisotopic (exact) mass is 496 g/mol. The molecule has 2 saturated carbocycles. The first-order valence-electron chi connectivity index (χ1n) is 14.1. The van der Waals surface area contributed by atoms with Crippen molar-refractivity contribution in [3.63, 3.8) is 0 Å². The van der Waals surface area contributed by atoms with E-state index < -0.39 is 0 Å². The Balaban J connectivity index is 1.38. The molecule has 0 unspecified atom stereocenters. The molecule has 2 aliphatic carbocycles. The minimum absolute atomic E-state index is 0.160. The predicted octanol–water partition coefficient (Wildman–Crippen LogP) is 8.06. The number of aromatic nitrogens is 1. The van der Waals surface area contributed by atoms with Gasteiger partial charge in [-0.15, -0.1) is 0 Å². The number of H-pyrrole nitrogens is 1. The van der Waals surface area contributed by atoms with Crippen molar-refractivity contribution < 1.29 is 4.79 Å². The molecule has 2 aliphatic rings. The normalized spacial score (nSPS) is 21.1. The Labute approximate surface area is 220 Å². The highest BCUT2D eigenvalue weighted by Crippen LogP contribution is 2.54. The Hall–Kier alpha value is -3.14. The summed E-state index contributed by atoms with van der Waals surface area (Å²) < 4.78 is 0. The minimum atomic E-state index is -0.343. The van der Waals surface area contributed by atoms with Gasteiger partial charge in [0.2, 0.25) is 5.43 Å². The quantitative estimate of drug-likeness (QED) is 0.232. The van der Waals surface area contributed by atoms with Crippen molar-refractivity contribution in [1.29, 1.82) is 0 Å². The van der Waals surface area contributed by atoms with Crippen LogP contribution in [0.15, 0.2) is 59.0 Å². The van der Waals surface area contributed by atoms with Crippen LogP contribution >= 0.6 is 0 Å². The lowest BCUT2D eigenvalue weighted by Crippen LogP contribution is -2.23. The smallest absolute Gasteiger partial charge is 0.261 e. The molecule has 3 aromatic rings. The highest BCUT2D eigenvalue weighted by molar-refractivity contribution is 6.06. The highest BCUT2D eigenvalue weighted by atomic mass is 16.2. The number of unbranched alkanes of at least 4 members (excludes halogenated alkanes) is 2. The van der Waals surface area contributed by atoms with Gasteiger partial charge in [-0.3, -0.25) is 9.59 Å². The molecule has 194 valence electrons. The van der Waals surface area contributed by atoms with E-state index in [1.54, 1.807) is 6.20 Å². The van der Waals surface area contributed by atoms with Gasteiger partial charge in [0.15, 0.2) is 0 Å². The number of hydrogen-bond donors (Lipinski definition) is 2. The second-order valence-electron chi connectivity index (χ2n) is 11.3. The molecule has 1 heterocycles. The lowest BCUT2D eigenvalue weighted by molar-refractivity contribution is 0.102. The van der Waals surface area contributed by atoms with Gasteiger partial charge in [0.25, 0.3) is 5.91 Å². The molecule has 5 rings (SSSR count). The highest BCUT2D eigenvalue weighted by Gasteiger charge is 2.42.